The molecule has 1 fully saturated rings. The fraction of sp³-hybridized carbons (Fsp3) is 0.500. The minimum absolute atomic E-state index is 0. The number of piperidine rings is 1. The molecule has 118 valence electrons. The van der Waals surface area contributed by atoms with Gasteiger partial charge in [0.25, 0.3) is 0 Å². The second-order valence-corrected chi connectivity index (χ2v) is 5.11. The number of carboxylic acid groups (broad SMARTS) is 1. The van der Waals surface area contributed by atoms with Crippen LogP contribution in [0, 0.1) is 5.92 Å². The van der Waals surface area contributed by atoms with Crippen LogP contribution in [0.4, 0.5) is 13.2 Å². The van der Waals surface area contributed by atoms with Crippen molar-refractivity contribution in [2.24, 2.45) is 5.92 Å². The van der Waals surface area contributed by atoms with Crippen molar-refractivity contribution in [1.29, 1.82) is 0 Å². The van der Waals surface area contributed by atoms with E-state index in [1.807, 2.05) is 4.90 Å². The Bertz CT molecular complexity index is 493. The number of halogens is 4. The molecule has 1 unspecified atom stereocenters. The van der Waals surface area contributed by atoms with E-state index in [1.54, 1.807) is 6.07 Å². The molecule has 1 aromatic rings. The summed E-state index contributed by atoms with van der Waals surface area (Å²) in [5, 5.41) is 9.00. The van der Waals surface area contributed by atoms with E-state index >= 15 is 0 Å². The van der Waals surface area contributed by atoms with E-state index in [2.05, 4.69) is 0 Å². The Morgan fingerprint density at radius 1 is 1.38 bits per heavy atom. The minimum atomic E-state index is -4.35. The number of rotatable bonds is 3. The maximum atomic E-state index is 12.6. The summed E-state index contributed by atoms with van der Waals surface area (Å²) in [6.07, 6.45) is -2.95. The molecule has 21 heavy (non-hydrogen) atoms. The van der Waals surface area contributed by atoms with Crippen molar-refractivity contribution in [2.75, 3.05) is 13.1 Å². The highest BCUT2D eigenvalue weighted by molar-refractivity contribution is 5.85. The lowest BCUT2D eigenvalue weighted by molar-refractivity contribution is -0.143. The number of carboxylic acids is 1. The topological polar surface area (TPSA) is 40.5 Å². The third kappa shape index (κ3) is 4.89. The zero-order valence-corrected chi connectivity index (χ0v) is 12.1. The van der Waals surface area contributed by atoms with Crippen molar-refractivity contribution < 1.29 is 23.1 Å². The van der Waals surface area contributed by atoms with Gasteiger partial charge in [-0.3, -0.25) is 9.69 Å². The third-order valence-electron chi connectivity index (χ3n) is 3.52. The number of aliphatic carboxylic acids is 1. The van der Waals surface area contributed by atoms with Crippen LogP contribution in [0.1, 0.15) is 24.0 Å². The molecule has 0 aliphatic carbocycles. The first-order valence-corrected chi connectivity index (χ1v) is 6.47. The monoisotopic (exact) mass is 323 g/mol. The molecule has 7 heteroatoms. The van der Waals surface area contributed by atoms with Crippen molar-refractivity contribution in [3.05, 3.63) is 35.4 Å². The molecule has 0 aromatic heterocycles. The summed E-state index contributed by atoms with van der Waals surface area (Å²) >= 11 is 0. The summed E-state index contributed by atoms with van der Waals surface area (Å²) in [7, 11) is 0. The molecule has 0 spiro atoms. The van der Waals surface area contributed by atoms with Crippen molar-refractivity contribution in [3.8, 4) is 0 Å². The molecule has 0 amide bonds. The summed E-state index contributed by atoms with van der Waals surface area (Å²) in [4.78, 5) is 12.9. The summed E-state index contributed by atoms with van der Waals surface area (Å²) in [6, 6.07) is 5.19. The summed E-state index contributed by atoms with van der Waals surface area (Å²) < 4.78 is 37.9. The Balaban J connectivity index is 0.00000220. The van der Waals surface area contributed by atoms with Gasteiger partial charge in [0.05, 0.1) is 11.5 Å². The zero-order chi connectivity index (χ0) is 14.8. The number of carbonyl (C=O) groups is 1. The molecule has 1 aliphatic heterocycles. The molecular formula is C14H17ClF3NO2. The molecule has 0 radical (unpaired) electrons. The predicted octanol–water partition coefficient (Wildman–Crippen LogP) is 3.42. The van der Waals surface area contributed by atoms with Gasteiger partial charge < -0.3 is 5.11 Å². The lowest BCUT2D eigenvalue weighted by Crippen LogP contribution is -2.38. The maximum Gasteiger partial charge on any atom is 0.416 e. The number of hydrogen-bond donors (Lipinski definition) is 1. The van der Waals surface area contributed by atoms with Crippen molar-refractivity contribution in [3.63, 3.8) is 0 Å². The fourth-order valence-corrected chi connectivity index (χ4v) is 2.50. The van der Waals surface area contributed by atoms with Gasteiger partial charge in [-0.2, -0.15) is 13.2 Å². The van der Waals surface area contributed by atoms with Crippen LogP contribution in [0.5, 0.6) is 0 Å². The van der Waals surface area contributed by atoms with E-state index in [4.69, 9.17) is 5.11 Å². The van der Waals surface area contributed by atoms with E-state index in [9.17, 15) is 18.0 Å². The molecule has 1 aliphatic rings. The van der Waals surface area contributed by atoms with E-state index in [1.165, 1.54) is 6.07 Å². The van der Waals surface area contributed by atoms with Crippen LogP contribution in [0.25, 0.3) is 0 Å². The minimum Gasteiger partial charge on any atom is -0.481 e. The smallest absolute Gasteiger partial charge is 0.416 e. The van der Waals surface area contributed by atoms with Crippen molar-refractivity contribution in [1.82, 2.24) is 4.90 Å². The quantitative estimate of drug-likeness (QED) is 0.926. The van der Waals surface area contributed by atoms with Crippen molar-refractivity contribution >= 4 is 18.4 Å². The van der Waals surface area contributed by atoms with E-state index in [0.717, 1.165) is 25.1 Å². The van der Waals surface area contributed by atoms with Gasteiger partial charge >= 0.3 is 12.1 Å². The van der Waals surface area contributed by atoms with Gasteiger partial charge in [0.15, 0.2) is 0 Å². The Labute approximate surface area is 127 Å². The molecule has 1 N–H and O–H groups in total. The van der Waals surface area contributed by atoms with Gasteiger partial charge in [-0.25, -0.2) is 0 Å². The number of benzene rings is 1. The van der Waals surface area contributed by atoms with Crippen LogP contribution >= 0.6 is 12.4 Å². The highest BCUT2D eigenvalue weighted by Gasteiger charge is 2.31. The average molecular weight is 324 g/mol. The zero-order valence-electron chi connectivity index (χ0n) is 11.3. The lowest BCUT2D eigenvalue weighted by Gasteiger charge is -2.30. The molecular weight excluding hydrogens is 307 g/mol. The Morgan fingerprint density at radius 2 is 2.10 bits per heavy atom. The molecule has 0 bridgehead atoms. The molecule has 0 saturated carbocycles. The molecule has 1 heterocycles. The van der Waals surface area contributed by atoms with E-state index < -0.39 is 23.6 Å². The normalized spacial score (nSPS) is 19.9. The fourth-order valence-electron chi connectivity index (χ4n) is 2.50. The number of hydrogen-bond acceptors (Lipinski definition) is 2. The van der Waals surface area contributed by atoms with E-state index in [-0.39, 0.29) is 12.4 Å². The maximum absolute atomic E-state index is 12.6. The van der Waals surface area contributed by atoms with Crippen LogP contribution in [0.15, 0.2) is 24.3 Å². The van der Waals surface area contributed by atoms with Crippen LogP contribution in [0.3, 0.4) is 0 Å². The molecule has 2 rings (SSSR count). The SMILES string of the molecule is Cl.O=C(O)C1CCCN(Cc2cccc(C(F)(F)F)c2)C1. The number of alkyl halides is 3. The van der Waals surface area contributed by atoms with Crippen LogP contribution in [0.2, 0.25) is 0 Å². The first-order chi connectivity index (χ1) is 9.36. The lowest BCUT2D eigenvalue weighted by atomic mass is 9.97. The van der Waals surface area contributed by atoms with Crippen LogP contribution < -0.4 is 0 Å². The molecule has 3 nitrogen and oxygen atoms in total. The third-order valence-corrected chi connectivity index (χ3v) is 3.52. The van der Waals surface area contributed by atoms with Crippen LogP contribution in [-0.2, 0) is 17.5 Å². The van der Waals surface area contributed by atoms with Gasteiger partial charge in [-0.05, 0) is 31.0 Å². The molecule has 1 aromatic carbocycles. The number of nitrogens with zero attached hydrogens (tertiary/aromatic N) is 1. The first kappa shape index (κ1) is 17.8. The molecule has 1 atom stereocenters. The average Bonchev–Trinajstić information content (AvgIpc) is 2.38. The number of likely N-dealkylation sites (tertiary alicyclic amines) is 1. The largest absolute Gasteiger partial charge is 0.481 e. The second kappa shape index (κ2) is 7.13. The van der Waals surface area contributed by atoms with Gasteiger partial charge in [-0.15, -0.1) is 12.4 Å². The van der Waals surface area contributed by atoms with Gasteiger partial charge in [0, 0.05) is 13.1 Å². The van der Waals surface area contributed by atoms with Gasteiger partial charge in [-0.1, -0.05) is 18.2 Å². The summed E-state index contributed by atoms with van der Waals surface area (Å²) in [6.45, 7) is 1.47. The predicted molar refractivity (Wildman–Crippen MR) is 74.3 cm³/mol. The van der Waals surface area contributed by atoms with Crippen molar-refractivity contribution in [2.45, 2.75) is 25.6 Å². The Kier molecular flexibility index (Phi) is 6.04. The van der Waals surface area contributed by atoms with Crippen LogP contribution in [-0.4, -0.2) is 29.1 Å². The first-order valence-electron chi connectivity index (χ1n) is 6.47. The molecule has 1 saturated heterocycles. The summed E-state index contributed by atoms with van der Waals surface area (Å²) in [5.74, 6) is -1.26. The standard InChI is InChI=1S/C14H16F3NO2.ClH/c15-14(16,17)12-5-1-3-10(7-12)8-18-6-2-4-11(9-18)13(19)20;/h1,3,5,7,11H,2,4,6,8-9H2,(H,19,20);1H. The van der Waals surface area contributed by atoms with Gasteiger partial charge in [0.2, 0.25) is 0 Å². The van der Waals surface area contributed by atoms with Gasteiger partial charge in [0.1, 0.15) is 0 Å². The Morgan fingerprint density at radius 3 is 2.71 bits per heavy atom. The highest BCUT2D eigenvalue weighted by Crippen LogP contribution is 2.30. The highest BCUT2D eigenvalue weighted by atomic mass is 35.5. The summed E-state index contributed by atoms with van der Waals surface area (Å²) in [5.41, 5.74) is -0.104. The second-order valence-electron chi connectivity index (χ2n) is 5.11. The Hall–Kier alpha value is -1.27. The van der Waals surface area contributed by atoms with E-state index in [0.29, 0.717) is 25.1 Å².